The van der Waals surface area contributed by atoms with Gasteiger partial charge >= 0.3 is 0 Å². The second kappa shape index (κ2) is 8.26. The van der Waals surface area contributed by atoms with Crippen molar-refractivity contribution in [2.45, 2.75) is 25.8 Å². The number of carbonyl (C=O) groups excluding carboxylic acids is 2. The number of nitrogens with one attached hydrogen (secondary N) is 1. The molecule has 1 fully saturated rings. The van der Waals surface area contributed by atoms with Crippen molar-refractivity contribution in [1.29, 1.82) is 0 Å². The molecular weight excluding hydrogens is 366 g/mol. The molecule has 0 bridgehead atoms. The van der Waals surface area contributed by atoms with Gasteiger partial charge in [-0.15, -0.1) is 5.10 Å². The molecule has 1 aromatic heterocycles. The van der Waals surface area contributed by atoms with Crippen LogP contribution in [0.15, 0.2) is 60.8 Å². The van der Waals surface area contributed by atoms with Gasteiger partial charge in [0.2, 0.25) is 0 Å². The lowest BCUT2D eigenvalue weighted by Crippen LogP contribution is -2.46. The fourth-order valence-corrected chi connectivity index (χ4v) is 3.51. The Kier molecular flexibility index (Phi) is 5.37. The zero-order valence-electron chi connectivity index (χ0n) is 16.3. The van der Waals surface area contributed by atoms with Crippen LogP contribution < -0.4 is 5.32 Å². The first-order chi connectivity index (χ1) is 14.1. The fraction of sp³-hybridized carbons (Fsp3) is 0.273. The molecular formula is C22H23N5O2. The molecule has 4 rings (SSSR count). The number of carbonyl (C=O) groups is 2. The van der Waals surface area contributed by atoms with Crippen LogP contribution in [0.5, 0.6) is 0 Å². The van der Waals surface area contributed by atoms with Crippen LogP contribution >= 0.6 is 0 Å². The molecule has 0 saturated carbocycles. The molecule has 7 nitrogen and oxygen atoms in total. The van der Waals surface area contributed by atoms with E-state index in [1.54, 1.807) is 15.8 Å². The van der Waals surface area contributed by atoms with Crippen molar-refractivity contribution >= 4 is 11.8 Å². The first kappa shape index (κ1) is 18.9. The van der Waals surface area contributed by atoms with Crippen LogP contribution in [0, 0.1) is 6.92 Å². The van der Waals surface area contributed by atoms with Crippen molar-refractivity contribution in [2.24, 2.45) is 0 Å². The summed E-state index contributed by atoms with van der Waals surface area (Å²) in [5.41, 5.74) is 2.91. The Morgan fingerprint density at radius 2 is 1.79 bits per heavy atom. The summed E-state index contributed by atoms with van der Waals surface area (Å²) in [5.74, 6) is -0.195. The minimum atomic E-state index is -0.129. The van der Waals surface area contributed by atoms with Gasteiger partial charge in [0, 0.05) is 24.7 Å². The predicted molar refractivity (Wildman–Crippen MR) is 109 cm³/mol. The van der Waals surface area contributed by atoms with Crippen molar-refractivity contribution in [3.8, 4) is 5.69 Å². The quantitative estimate of drug-likeness (QED) is 0.744. The van der Waals surface area contributed by atoms with Gasteiger partial charge in [-0.2, -0.15) is 0 Å². The molecule has 2 heterocycles. The summed E-state index contributed by atoms with van der Waals surface area (Å²) in [6.07, 6.45) is 3.09. The summed E-state index contributed by atoms with van der Waals surface area (Å²) in [4.78, 5) is 27.0. The van der Waals surface area contributed by atoms with Gasteiger partial charge in [0.1, 0.15) is 0 Å². The SMILES string of the molecule is Cc1cccc(C(=O)NC2CCN(C(=O)c3cn(-c4ccccc4)nn3)CC2)c1. The third kappa shape index (κ3) is 4.34. The molecule has 0 atom stereocenters. The van der Waals surface area contributed by atoms with Crippen molar-refractivity contribution in [3.63, 3.8) is 0 Å². The fourth-order valence-electron chi connectivity index (χ4n) is 3.51. The average Bonchev–Trinajstić information content (AvgIpc) is 3.25. The van der Waals surface area contributed by atoms with Gasteiger partial charge in [0.05, 0.1) is 11.9 Å². The van der Waals surface area contributed by atoms with Gasteiger partial charge in [-0.1, -0.05) is 41.1 Å². The first-order valence-corrected chi connectivity index (χ1v) is 9.75. The highest BCUT2D eigenvalue weighted by Gasteiger charge is 2.26. The lowest BCUT2D eigenvalue weighted by atomic mass is 10.0. The van der Waals surface area contributed by atoms with E-state index in [-0.39, 0.29) is 17.9 Å². The monoisotopic (exact) mass is 389 g/mol. The van der Waals surface area contributed by atoms with Crippen molar-refractivity contribution in [3.05, 3.63) is 77.6 Å². The number of hydrogen-bond donors (Lipinski definition) is 1. The van der Waals surface area contributed by atoms with Gasteiger partial charge in [0.25, 0.3) is 11.8 Å². The van der Waals surface area contributed by atoms with E-state index in [2.05, 4.69) is 15.6 Å². The Balaban J connectivity index is 1.33. The molecule has 2 amide bonds. The molecule has 0 unspecified atom stereocenters. The summed E-state index contributed by atoms with van der Waals surface area (Å²) in [6.45, 7) is 3.13. The maximum atomic E-state index is 12.8. The van der Waals surface area contributed by atoms with E-state index < -0.39 is 0 Å². The minimum absolute atomic E-state index is 0.0621. The standard InChI is InChI=1S/C22H23N5O2/c1-16-6-5-7-17(14-16)21(28)23-18-10-12-26(13-11-18)22(29)20-15-27(25-24-20)19-8-3-2-4-9-19/h2-9,14-15,18H,10-13H2,1H3,(H,23,28). The number of amides is 2. The Morgan fingerprint density at radius 3 is 2.52 bits per heavy atom. The van der Waals surface area contributed by atoms with Gasteiger partial charge in [0.15, 0.2) is 5.69 Å². The highest BCUT2D eigenvalue weighted by molar-refractivity contribution is 5.94. The van der Waals surface area contributed by atoms with Crippen LogP contribution in [-0.4, -0.2) is 50.8 Å². The topological polar surface area (TPSA) is 80.1 Å². The second-order valence-electron chi connectivity index (χ2n) is 7.29. The van der Waals surface area contributed by atoms with Gasteiger partial charge in [-0.25, -0.2) is 4.68 Å². The number of piperidine rings is 1. The Bertz CT molecular complexity index is 1010. The molecule has 7 heteroatoms. The molecule has 29 heavy (non-hydrogen) atoms. The molecule has 1 N–H and O–H groups in total. The Hall–Kier alpha value is -3.48. The number of nitrogens with zero attached hydrogens (tertiary/aromatic N) is 4. The smallest absolute Gasteiger partial charge is 0.276 e. The normalized spacial score (nSPS) is 14.6. The second-order valence-corrected chi connectivity index (χ2v) is 7.29. The van der Waals surface area contributed by atoms with Crippen LogP contribution in [0.3, 0.4) is 0 Å². The summed E-state index contributed by atoms with van der Waals surface area (Å²) in [5, 5.41) is 11.2. The van der Waals surface area contributed by atoms with E-state index in [9.17, 15) is 9.59 Å². The number of rotatable bonds is 4. The highest BCUT2D eigenvalue weighted by atomic mass is 16.2. The van der Waals surface area contributed by atoms with Crippen molar-refractivity contribution in [1.82, 2.24) is 25.2 Å². The number of hydrogen-bond acceptors (Lipinski definition) is 4. The molecule has 2 aromatic carbocycles. The van der Waals surface area contributed by atoms with E-state index in [1.807, 2.05) is 61.5 Å². The number of aromatic nitrogens is 3. The Labute approximate surface area is 169 Å². The van der Waals surface area contributed by atoms with Crippen LogP contribution in [0.2, 0.25) is 0 Å². The zero-order valence-corrected chi connectivity index (χ0v) is 16.3. The maximum absolute atomic E-state index is 12.8. The van der Waals surface area contributed by atoms with E-state index in [0.717, 1.165) is 24.1 Å². The number of para-hydroxylation sites is 1. The average molecular weight is 389 g/mol. The van der Waals surface area contributed by atoms with E-state index in [0.29, 0.717) is 24.3 Å². The lowest BCUT2D eigenvalue weighted by Gasteiger charge is -2.31. The summed E-state index contributed by atoms with van der Waals surface area (Å²) in [6, 6.07) is 17.2. The first-order valence-electron chi connectivity index (χ1n) is 9.75. The molecule has 148 valence electrons. The van der Waals surface area contributed by atoms with Gasteiger partial charge < -0.3 is 10.2 Å². The third-order valence-electron chi connectivity index (χ3n) is 5.13. The highest BCUT2D eigenvalue weighted by Crippen LogP contribution is 2.15. The molecule has 0 radical (unpaired) electrons. The third-order valence-corrected chi connectivity index (χ3v) is 5.13. The van der Waals surface area contributed by atoms with Crippen molar-refractivity contribution in [2.75, 3.05) is 13.1 Å². The number of benzene rings is 2. The van der Waals surface area contributed by atoms with Crippen molar-refractivity contribution < 1.29 is 9.59 Å². The zero-order chi connectivity index (χ0) is 20.2. The summed E-state index contributed by atoms with van der Waals surface area (Å²) < 4.78 is 1.60. The number of likely N-dealkylation sites (tertiary alicyclic amines) is 1. The predicted octanol–water partition coefficient (Wildman–Crippen LogP) is 2.61. The number of aryl methyl sites for hydroxylation is 1. The van der Waals surface area contributed by atoms with Crippen LogP contribution in [0.4, 0.5) is 0 Å². The molecule has 1 saturated heterocycles. The van der Waals surface area contributed by atoms with Crippen LogP contribution in [0.25, 0.3) is 5.69 Å². The van der Waals surface area contributed by atoms with E-state index in [1.165, 1.54) is 0 Å². The molecule has 3 aromatic rings. The molecule has 0 aliphatic carbocycles. The van der Waals surface area contributed by atoms with E-state index >= 15 is 0 Å². The molecule has 1 aliphatic heterocycles. The van der Waals surface area contributed by atoms with Gasteiger partial charge in [-0.05, 0) is 44.0 Å². The van der Waals surface area contributed by atoms with Crippen LogP contribution in [-0.2, 0) is 0 Å². The lowest BCUT2D eigenvalue weighted by molar-refractivity contribution is 0.0692. The van der Waals surface area contributed by atoms with E-state index in [4.69, 9.17) is 0 Å². The molecule has 0 spiro atoms. The Morgan fingerprint density at radius 1 is 1.03 bits per heavy atom. The minimum Gasteiger partial charge on any atom is -0.349 e. The maximum Gasteiger partial charge on any atom is 0.276 e. The molecule has 1 aliphatic rings. The van der Waals surface area contributed by atoms with Gasteiger partial charge in [-0.3, -0.25) is 9.59 Å². The van der Waals surface area contributed by atoms with Crippen LogP contribution in [0.1, 0.15) is 39.3 Å². The largest absolute Gasteiger partial charge is 0.349 e. The summed E-state index contributed by atoms with van der Waals surface area (Å²) in [7, 11) is 0. The summed E-state index contributed by atoms with van der Waals surface area (Å²) >= 11 is 0.